The van der Waals surface area contributed by atoms with Crippen molar-refractivity contribution < 1.29 is 32.9 Å². The molecule has 0 fully saturated rings. The molecule has 0 aromatic carbocycles. The van der Waals surface area contributed by atoms with E-state index in [1.54, 1.807) is 0 Å². The first kappa shape index (κ1) is 57.9. The molecule has 3 atom stereocenters. The number of phosphoric ester groups is 1. The number of carbonyl (C=O) groups is 1. The van der Waals surface area contributed by atoms with Gasteiger partial charge in [-0.15, -0.1) is 0 Å². The fourth-order valence-electron chi connectivity index (χ4n) is 5.78. The van der Waals surface area contributed by atoms with Crippen LogP contribution in [0.1, 0.15) is 149 Å². The van der Waals surface area contributed by atoms with E-state index in [4.69, 9.17) is 9.05 Å². The van der Waals surface area contributed by atoms with Gasteiger partial charge in [-0.05, 0) is 89.9 Å². The Labute approximate surface area is 374 Å². The van der Waals surface area contributed by atoms with Crippen molar-refractivity contribution in [3.05, 3.63) is 122 Å². The summed E-state index contributed by atoms with van der Waals surface area (Å²) in [4.78, 5) is 22.9. The van der Waals surface area contributed by atoms with Crippen molar-refractivity contribution >= 4 is 13.7 Å². The highest BCUT2D eigenvalue weighted by Crippen LogP contribution is 2.43. The minimum Gasteiger partial charge on any atom is -0.391 e. The largest absolute Gasteiger partial charge is 0.472 e. The SMILES string of the molecule is CC/C=C\C/C=C\C/C=C\C/C=C\C/C=C\C/C=C\C/C=C\C/C=C\C/C=C\C/C=C\CCCCCCC(=O)NC(COP(=O)(O)OCC[N+](C)(C)C)C(O)CCCCCC. The molecule has 0 rings (SSSR count). The Morgan fingerprint density at radius 1 is 0.574 bits per heavy atom. The van der Waals surface area contributed by atoms with Gasteiger partial charge in [0.25, 0.3) is 0 Å². The van der Waals surface area contributed by atoms with Gasteiger partial charge in [0.05, 0.1) is 39.9 Å². The minimum atomic E-state index is -4.31. The number of aliphatic hydroxyl groups excluding tert-OH is 1. The molecule has 0 aromatic rings. The summed E-state index contributed by atoms with van der Waals surface area (Å²) >= 11 is 0. The summed E-state index contributed by atoms with van der Waals surface area (Å²) < 4.78 is 23.3. The zero-order chi connectivity index (χ0) is 45.0. The quantitative estimate of drug-likeness (QED) is 0.0245. The molecular weight excluding hydrogens is 780 g/mol. The summed E-state index contributed by atoms with van der Waals surface area (Å²) in [5.74, 6) is -0.185. The molecule has 0 radical (unpaired) electrons. The van der Waals surface area contributed by atoms with Crippen molar-refractivity contribution in [3.8, 4) is 0 Å². The molecule has 1 amide bonds. The van der Waals surface area contributed by atoms with Crippen molar-refractivity contribution in [2.24, 2.45) is 0 Å². The lowest BCUT2D eigenvalue weighted by Crippen LogP contribution is -2.46. The summed E-state index contributed by atoms with van der Waals surface area (Å²) in [6.07, 6.45) is 63.1. The van der Waals surface area contributed by atoms with Crippen LogP contribution in [0.5, 0.6) is 0 Å². The summed E-state index contributed by atoms with van der Waals surface area (Å²) in [5, 5.41) is 13.7. The Morgan fingerprint density at radius 3 is 1.41 bits per heavy atom. The number of allylic oxidation sites excluding steroid dienone is 20. The fraction of sp³-hybridized carbons (Fsp3) is 0.596. The molecule has 0 spiro atoms. The van der Waals surface area contributed by atoms with Gasteiger partial charge < -0.3 is 19.8 Å². The molecule has 61 heavy (non-hydrogen) atoms. The molecule has 0 aliphatic rings. The number of unbranched alkanes of at least 4 members (excludes halogenated alkanes) is 7. The zero-order valence-corrected chi connectivity index (χ0v) is 40.0. The van der Waals surface area contributed by atoms with E-state index < -0.39 is 20.0 Å². The van der Waals surface area contributed by atoms with Crippen LogP contribution in [0.25, 0.3) is 0 Å². The lowest BCUT2D eigenvalue weighted by atomic mass is 10.0. The molecule has 346 valence electrons. The normalized spacial score (nSPS) is 15.3. The monoisotopic (exact) mass is 868 g/mol. The second-order valence-corrected chi connectivity index (χ2v) is 17.9. The first-order chi connectivity index (χ1) is 29.5. The average Bonchev–Trinajstić information content (AvgIpc) is 3.21. The van der Waals surface area contributed by atoms with Gasteiger partial charge in [0.1, 0.15) is 13.2 Å². The predicted octanol–water partition coefficient (Wildman–Crippen LogP) is 13.5. The molecule has 0 saturated carbocycles. The summed E-state index contributed by atoms with van der Waals surface area (Å²) in [5.41, 5.74) is 0. The van der Waals surface area contributed by atoms with E-state index in [0.29, 0.717) is 23.9 Å². The topological polar surface area (TPSA) is 105 Å². The molecule has 8 nitrogen and oxygen atoms in total. The number of rotatable bonds is 40. The predicted molar refractivity (Wildman–Crippen MR) is 262 cm³/mol. The number of aliphatic hydroxyl groups is 1. The van der Waals surface area contributed by atoms with Gasteiger partial charge in [-0.1, -0.05) is 174 Å². The van der Waals surface area contributed by atoms with E-state index in [0.717, 1.165) is 122 Å². The van der Waals surface area contributed by atoms with E-state index in [1.807, 2.05) is 21.1 Å². The molecule has 0 aliphatic heterocycles. The van der Waals surface area contributed by atoms with Crippen molar-refractivity contribution in [1.82, 2.24) is 5.32 Å². The second-order valence-electron chi connectivity index (χ2n) is 16.4. The molecule has 3 N–H and O–H groups in total. The Bertz CT molecular complexity index is 1400. The molecule has 0 aromatic heterocycles. The van der Waals surface area contributed by atoms with Crippen LogP contribution in [0.4, 0.5) is 0 Å². The van der Waals surface area contributed by atoms with E-state index >= 15 is 0 Å². The molecule has 0 bridgehead atoms. The highest BCUT2D eigenvalue weighted by atomic mass is 31.2. The maximum atomic E-state index is 12.7. The third kappa shape index (κ3) is 44.8. The van der Waals surface area contributed by atoms with E-state index in [9.17, 15) is 19.4 Å². The molecule has 9 heteroatoms. The van der Waals surface area contributed by atoms with Crippen molar-refractivity contribution in [2.75, 3.05) is 40.9 Å². The Kier molecular flexibility index (Phi) is 40.1. The number of hydrogen-bond donors (Lipinski definition) is 3. The van der Waals surface area contributed by atoms with Crippen LogP contribution in [0.2, 0.25) is 0 Å². The van der Waals surface area contributed by atoms with Gasteiger partial charge in [-0.3, -0.25) is 13.8 Å². The number of nitrogens with one attached hydrogen (secondary N) is 1. The third-order valence-electron chi connectivity index (χ3n) is 9.47. The average molecular weight is 868 g/mol. The van der Waals surface area contributed by atoms with Gasteiger partial charge in [0.2, 0.25) is 5.91 Å². The zero-order valence-electron chi connectivity index (χ0n) is 39.1. The van der Waals surface area contributed by atoms with Crippen LogP contribution >= 0.6 is 7.82 Å². The van der Waals surface area contributed by atoms with Crippen LogP contribution in [0, 0.1) is 0 Å². The number of phosphoric acid groups is 1. The number of carbonyl (C=O) groups excluding carboxylic acids is 1. The maximum Gasteiger partial charge on any atom is 0.472 e. The molecule has 3 unspecified atom stereocenters. The van der Waals surface area contributed by atoms with E-state index in [-0.39, 0.29) is 19.1 Å². The highest BCUT2D eigenvalue weighted by molar-refractivity contribution is 7.47. The highest BCUT2D eigenvalue weighted by Gasteiger charge is 2.28. The van der Waals surface area contributed by atoms with Crippen molar-refractivity contribution in [2.45, 2.75) is 161 Å². The molecule has 0 heterocycles. The number of amides is 1. The Morgan fingerprint density at radius 2 is 0.984 bits per heavy atom. The lowest BCUT2D eigenvalue weighted by Gasteiger charge is -2.26. The van der Waals surface area contributed by atoms with Crippen LogP contribution in [-0.4, -0.2) is 73.4 Å². The minimum absolute atomic E-state index is 0.0608. The van der Waals surface area contributed by atoms with Gasteiger partial charge in [-0.2, -0.15) is 0 Å². The standard InChI is InChI=1S/C52H87N2O6P/c1-6-8-10-12-13-14-15-16-17-18-19-20-21-22-23-24-25-26-27-28-29-30-31-32-33-34-35-36-37-38-39-40-41-42-44-46-52(56)53-50(51(55)45-43-11-9-7-2)49-60-61(57,58)59-48-47-54(3,4)5/h8,10,13-14,16-17,19-20,22-23,25-26,28-29,31-32,34-35,37-38,50-51,55H,6-7,9,11-12,15,18,21,24,27,30,33,36,39-49H2,1-5H3,(H-,53,56,57,58)/p+1/b10-8-,14-13-,17-16-,20-19-,23-22-,26-25-,29-28-,32-31-,35-34-,38-37-. The van der Waals surface area contributed by atoms with E-state index in [1.165, 1.54) is 0 Å². The van der Waals surface area contributed by atoms with Crippen LogP contribution < -0.4 is 5.32 Å². The Hall–Kier alpha value is -3.10. The van der Waals surface area contributed by atoms with Gasteiger partial charge >= 0.3 is 7.82 Å². The molecule has 0 saturated heterocycles. The third-order valence-corrected chi connectivity index (χ3v) is 10.5. The molecule has 0 aliphatic carbocycles. The number of hydrogen-bond acceptors (Lipinski definition) is 5. The van der Waals surface area contributed by atoms with Gasteiger partial charge in [0.15, 0.2) is 0 Å². The number of likely N-dealkylation sites (N-methyl/N-ethyl adjacent to an activating group) is 1. The fourth-order valence-corrected chi connectivity index (χ4v) is 6.51. The van der Waals surface area contributed by atoms with E-state index in [2.05, 4.69) is 141 Å². The summed E-state index contributed by atoms with van der Waals surface area (Å²) in [7, 11) is 1.57. The first-order valence-electron chi connectivity index (χ1n) is 23.4. The van der Waals surface area contributed by atoms with Crippen LogP contribution in [-0.2, 0) is 18.4 Å². The smallest absolute Gasteiger partial charge is 0.391 e. The maximum absolute atomic E-state index is 12.7. The number of nitrogens with zero attached hydrogens (tertiary/aromatic N) is 1. The van der Waals surface area contributed by atoms with Crippen LogP contribution in [0.15, 0.2) is 122 Å². The van der Waals surface area contributed by atoms with Gasteiger partial charge in [0, 0.05) is 6.42 Å². The van der Waals surface area contributed by atoms with Crippen molar-refractivity contribution in [1.29, 1.82) is 0 Å². The Balaban J connectivity index is 4.05. The number of quaternary nitrogens is 1. The van der Waals surface area contributed by atoms with Crippen molar-refractivity contribution in [3.63, 3.8) is 0 Å². The first-order valence-corrected chi connectivity index (χ1v) is 24.9. The second kappa shape index (κ2) is 42.2. The van der Waals surface area contributed by atoms with Crippen LogP contribution in [0.3, 0.4) is 0 Å². The molecular formula is C52H88N2O6P+. The lowest BCUT2D eigenvalue weighted by molar-refractivity contribution is -0.870. The van der Waals surface area contributed by atoms with Gasteiger partial charge in [-0.25, -0.2) is 4.57 Å². The summed E-state index contributed by atoms with van der Waals surface area (Å²) in [6, 6.07) is -0.779. The summed E-state index contributed by atoms with van der Waals surface area (Å²) in [6.45, 7) is 4.59.